The molecule has 88 valence electrons. The van der Waals surface area contributed by atoms with E-state index in [0.29, 0.717) is 0 Å². The van der Waals surface area contributed by atoms with Crippen LogP contribution in [0.15, 0.2) is 0 Å². The van der Waals surface area contributed by atoms with E-state index in [2.05, 4.69) is 31.1 Å². The Labute approximate surface area is 94.4 Å². The summed E-state index contributed by atoms with van der Waals surface area (Å²) < 4.78 is 0. The molecule has 15 heavy (non-hydrogen) atoms. The van der Waals surface area contributed by atoms with Crippen LogP contribution in [0.3, 0.4) is 0 Å². The number of hydrogen-bond donors (Lipinski definition) is 1. The van der Waals surface area contributed by atoms with Crippen molar-refractivity contribution in [1.82, 2.24) is 10.2 Å². The zero-order chi connectivity index (χ0) is 10.8. The zero-order valence-corrected chi connectivity index (χ0v) is 10.5. The van der Waals surface area contributed by atoms with Crippen molar-refractivity contribution >= 4 is 0 Å². The van der Waals surface area contributed by atoms with Crippen molar-refractivity contribution in [2.45, 2.75) is 51.6 Å². The molecular weight excluding hydrogens is 184 g/mol. The molecule has 0 heterocycles. The summed E-state index contributed by atoms with van der Waals surface area (Å²) in [5.41, 5.74) is 0. The van der Waals surface area contributed by atoms with Crippen LogP contribution in [0.5, 0.6) is 0 Å². The molecule has 2 unspecified atom stereocenters. The Hall–Kier alpha value is -0.0800. The first-order valence-corrected chi connectivity index (χ1v) is 6.62. The molecule has 0 aromatic rings. The van der Waals surface area contributed by atoms with Crippen LogP contribution in [0.1, 0.15) is 39.5 Å². The second-order valence-corrected chi connectivity index (χ2v) is 5.65. The lowest BCUT2D eigenvalue weighted by atomic mass is 10.0. The van der Waals surface area contributed by atoms with Crippen LogP contribution in [0.4, 0.5) is 0 Å². The predicted molar refractivity (Wildman–Crippen MR) is 65.0 cm³/mol. The van der Waals surface area contributed by atoms with Crippen LogP contribution in [0.2, 0.25) is 0 Å². The van der Waals surface area contributed by atoms with Gasteiger partial charge >= 0.3 is 0 Å². The molecule has 0 aliphatic heterocycles. The lowest BCUT2D eigenvalue weighted by molar-refractivity contribution is 0.145. The molecule has 2 heteroatoms. The lowest BCUT2D eigenvalue weighted by Crippen LogP contribution is -2.43. The SMILES string of the molecule is CNCC(C)C(C)N(CC1CC1)C1CC1. The van der Waals surface area contributed by atoms with Crippen LogP contribution < -0.4 is 5.32 Å². The van der Waals surface area contributed by atoms with Gasteiger partial charge in [-0.1, -0.05) is 6.92 Å². The quantitative estimate of drug-likeness (QED) is 0.692. The van der Waals surface area contributed by atoms with E-state index in [4.69, 9.17) is 0 Å². The Morgan fingerprint density at radius 2 is 1.87 bits per heavy atom. The molecule has 0 bridgehead atoms. The molecular formula is C13H26N2. The molecule has 1 N–H and O–H groups in total. The van der Waals surface area contributed by atoms with E-state index in [9.17, 15) is 0 Å². The Morgan fingerprint density at radius 3 is 2.33 bits per heavy atom. The zero-order valence-electron chi connectivity index (χ0n) is 10.5. The third-order valence-corrected chi connectivity index (χ3v) is 4.05. The van der Waals surface area contributed by atoms with Crippen molar-refractivity contribution in [3.8, 4) is 0 Å². The van der Waals surface area contributed by atoms with Gasteiger partial charge < -0.3 is 5.32 Å². The summed E-state index contributed by atoms with van der Waals surface area (Å²) in [4.78, 5) is 2.79. The molecule has 2 fully saturated rings. The molecule has 2 atom stereocenters. The van der Waals surface area contributed by atoms with Gasteiger partial charge in [0.1, 0.15) is 0 Å². The van der Waals surface area contributed by atoms with Crippen molar-refractivity contribution < 1.29 is 0 Å². The monoisotopic (exact) mass is 210 g/mol. The highest BCUT2D eigenvalue weighted by Gasteiger charge is 2.37. The largest absolute Gasteiger partial charge is 0.319 e. The summed E-state index contributed by atoms with van der Waals surface area (Å²) >= 11 is 0. The van der Waals surface area contributed by atoms with Crippen LogP contribution in [0, 0.1) is 11.8 Å². The van der Waals surface area contributed by atoms with Gasteiger partial charge in [-0.15, -0.1) is 0 Å². The molecule has 0 spiro atoms. The number of nitrogens with one attached hydrogen (secondary N) is 1. The van der Waals surface area contributed by atoms with Gasteiger partial charge in [-0.2, -0.15) is 0 Å². The molecule has 0 saturated heterocycles. The minimum absolute atomic E-state index is 0.755. The van der Waals surface area contributed by atoms with Gasteiger partial charge in [0.2, 0.25) is 0 Å². The standard InChI is InChI=1S/C13H26N2/c1-10(8-14-3)11(2)15(13-6-7-13)9-12-4-5-12/h10-14H,4-9H2,1-3H3. The fourth-order valence-electron chi connectivity index (χ4n) is 2.47. The summed E-state index contributed by atoms with van der Waals surface area (Å²) in [6.45, 7) is 7.32. The van der Waals surface area contributed by atoms with E-state index in [-0.39, 0.29) is 0 Å². The summed E-state index contributed by atoms with van der Waals surface area (Å²) in [6.07, 6.45) is 5.86. The third-order valence-electron chi connectivity index (χ3n) is 4.05. The van der Waals surface area contributed by atoms with Crippen LogP contribution in [0.25, 0.3) is 0 Å². The highest BCUT2D eigenvalue weighted by atomic mass is 15.2. The third kappa shape index (κ3) is 3.18. The number of rotatable bonds is 7. The minimum Gasteiger partial charge on any atom is -0.319 e. The van der Waals surface area contributed by atoms with E-state index in [1.165, 1.54) is 32.2 Å². The Balaban J connectivity index is 1.84. The normalized spacial score (nSPS) is 25.6. The van der Waals surface area contributed by atoms with E-state index in [1.54, 1.807) is 0 Å². The summed E-state index contributed by atoms with van der Waals surface area (Å²) in [6, 6.07) is 1.69. The molecule has 2 rings (SSSR count). The van der Waals surface area contributed by atoms with Gasteiger partial charge in [0, 0.05) is 18.6 Å². The molecule has 0 amide bonds. The number of nitrogens with zero attached hydrogens (tertiary/aromatic N) is 1. The maximum atomic E-state index is 3.30. The van der Waals surface area contributed by atoms with E-state index in [1.807, 2.05) is 0 Å². The maximum Gasteiger partial charge on any atom is 0.0108 e. The molecule has 0 aromatic heterocycles. The first kappa shape index (κ1) is 11.4. The second kappa shape index (κ2) is 4.84. The second-order valence-electron chi connectivity index (χ2n) is 5.65. The van der Waals surface area contributed by atoms with Gasteiger partial charge in [-0.25, -0.2) is 0 Å². The maximum absolute atomic E-state index is 3.30. The highest BCUT2D eigenvalue weighted by Crippen LogP contribution is 2.36. The smallest absolute Gasteiger partial charge is 0.0108 e. The van der Waals surface area contributed by atoms with Gasteiger partial charge in [-0.05, 0) is 58.0 Å². The Kier molecular flexibility index (Phi) is 3.68. The van der Waals surface area contributed by atoms with Gasteiger partial charge in [0.25, 0.3) is 0 Å². The Bertz CT molecular complexity index is 197. The first-order chi connectivity index (χ1) is 7.22. The van der Waals surface area contributed by atoms with Crippen LogP contribution in [-0.4, -0.2) is 37.1 Å². The molecule has 2 nitrogen and oxygen atoms in total. The molecule has 2 aliphatic carbocycles. The summed E-state index contributed by atoms with van der Waals surface area (Å²) in [5.74, 6) is 1.81. The van der Waals surface area contributed by atoms with Crippen molar-refractivity contribution in [2.75, 3.05) is 20.1 Å². The first-order valence-electron chi connectivity index (χ1n) is 6.62. The molecule has 0 aromatic carbocycles. The Morgan fingerprint density at radius 1 is 1.20 bits per heavy atom. The van der Waals surface area contributed by atoms with Gasteiger partial charge in [0.15, 0.2) is 0 Å². The van der Waals surface area contributed by atoms with Gasteiger partial charge in [0.05, 0.1) is 0 Å². The number of hydrogen-bond acceptors (Lipinski definition) is 2. The topological polar surface area (TPSA) is 15.3 Å². The van der Waals surface area contributed by atoms with Crippen molar-refractivity contribution in [3.63, 3.8) is 0 Å². The van der Waals surface area contributed by atoms with Crippen molar-refractivity contribution in [1.29, 1.82) is 0 Å². The minimum atomic E-state index is 0.755. The van der Waals surface area contributed by atoms with Crippen molar-refractivity contribution in [3.05, 3.63) is 0 Å². The summed E-state index contributed by atoms with van der Waals surface area (Å²) in [5, 5.41) is 3.30. The lowest BCUT2D eigenvalue weighted by Gasteiger charge is -2.33. The average Bonchev–Trinajstić information content (AvgIpc) is 3.04. The fraction of sp³-hybridized carbons (Fsp3) is 1.00. The van der Waals surface area contributed by atoms with E-state index >= 15 is 0 Å². The molecule has 2 aliphatic rings. The van der Waals surface area contributed by atoms with Gasteiger partial charge in [-0.3, -0.25) is 4.90 Å². The highest BCUT2D eigenvalue weighted by molar-refractivity contribution is 4.92. The summed E-state index contributed by atoms with van der Waals surface area (Å²) in [7, 11) is 2.06. The molecule has 0 radical (unpaired) electrons. The fourth-order valence-corrected chi connectivity index (χ4v) is 2.47. The predicted octanol–water partition coefficient (Wildman–Crippen LogP) is 2.10. The van der Waals surface area contributed by atoms with E-state index < -0.39 is 0 Å². The average molecular weight is 210 g/mol. The van der Waals surface area contributed by atoms with Crippen molar-refractivity contribution in [2.24, 2.45) is 11.8 Å². The molecule has 2 saturated carbocycles. The van der Waals surface area contributed by atoms with Crippen LogP contribution in [-0.2, 0) is 0 Å². The van der Waals surface area contributed by atoms with E-state index in [0.717, 1.165) is 30.5 Å². The van der Waals surface area contributed by atoms with Crippen LogP contribution >= 0.6 is 0 Å².